The lowest BCUT2D eigenvalue weighted by Crippen LogP contribution is -2.42. The lowest BCUT2D eigenvalue weighted by atomic mass is 9.68. The Morgan fingerprint density at radius 2 is 1.81 bits per heavy atom. The van der Waals surface area contributed by atoms with Gasteiger partial charge in [0.15, 0.2) is 0 Å². The number of rotatable bonds is 3. The van der Waals surface area contributed by atoms with Crippen LogP contribution in [0, 0.1) is 29.6 Å². The monoisotopic (exact) mass is 476 g/mol. The van der Waals surface area contributed by atoms with Gasteiger partial charge in [0.2, 0.25) is 11.8 Å². The summed E-state index contributed by atoms with van der Waals surface area (Å²) in [6.07, 6.45) is 0.777. The van der Waals surface area contributed by atoms with Crippen LogP contribution in [0.2, 0.25) is 5.02 Å². The topological polar surface area (TPSA) is 108 Å². The van der Waals surface area contributed by atoms with E-state index in [2.05, 4.69) is 4.98 Å². The summed E-state index contributed by atoms with van der Waals surface area (Å²) in [5, 5.41) is 10.7. The van der Waals surface area contributed by atoms with Gasteiger partial charge in [-0.1, -0.05) is 35.1 Å². The lowest BCUT2D eigenvalue weighted by molar-refractivity contribution is -0.149. The highest BCUT2D eigenvalue weighted by atomic mass is 35.5. The van der Waals surface area contributed by atoms with Gasteiger partial charge in [-0.15, -0.1) is 11.8 Å². The number of carbonyl (C=O) groups excluding carboxylic acids is 2. The maximum absolute atomic E-state index is 13.1. The third kappa shape index (κ3) is 2.66. The zero-order chi connectivity index (χ0) is 21.6. The fourth-order valence-corrected chi connectivity index (χ4v) is 9.43. The Hall–Kier alpha value is -2.10. The number of aromatic amines is 1. The Morgan fingerprint density at radius 1 is 1.13 bits per heavy atom. The molecule has 2 aromatic rings. The van der Waals surface area contributed by atoms with E-state index < -0.39 is 24.3 Å². The van der Waals surface area contributed by atoms with Crippen LogP contribution < -0.4 is 4.87 Å². The maximum Gasteiger partial charge on any atom is 0.323 e. The molecule has 2 aliphatic carbocycles. The van der Waals surface area contributed by atoms with Crippen molar-refractivity contribution in [2.75, 3.05) is 6.54 Å². The second-order valence-electron chi connectivity index (χ2n) is 8.67. The number of aromatic nitrogens is 1. The average molecular weight is 477 g/mol. The number of nitrogens with one attached hydrogen (secondary N) is 1. The molecule has 3 fully saturated rings. The molecule has 2 bridgehead atoms. The number of amides is 2. The molecule has 1 aromatic carbocycles. The largest absolute Gasteiger partial charge is 0.480 e. The number of halogens is 1. The lowest BCUT2D eigenvalue weighted by Gasteiger charge is -2.43. The minimum Gasteiger partial charge on any atom is -0.480 e. The van der Waals surface area contributed by atoms with E-state index >= 15 is 0 Å². The van der Waals surface area contributed by atoms with Crippen molar-refractivity contribution in [3.8, 4) is 0 Å². The summed E-state index contributed by atoms with van der Waals surface area (Å²) < 4.78 is 0. The number of aliphatic carboxylic acids is 1. The number of benzene rings is 1. The predicted molar refractivity (Wildman–Crippen MR) is 114 cm³/mol. The van der Waals surface area contributed by atoms with Crippen molar-refractivity contribution in [1.82, 2.24) is 9.88 Å². The Bertz CT molecular complexity index is 1190. The molecular formula is C21H17ClN2O5S2. The number of hydrogen-bond acceptors (Lipinski definition) is 6. The first-order chi connectivity index (χ1) is 14.8. The van der Waals surface area contributed by atoms with E-state index in [1.54, 1.807) is 11.8 Å². The number of carbonyl (C=O) groups is 3. The number of nitrogens with zero attached hydrogens (tertiary/aromatic N) is 1. The zero-order valence-electron chi connectivity index (χ0n) is 16.0. The minimum atomic E-state index is -1.18. The van der Waals surface area contributed by atoms with Gasteiger partial charge in [0.05, 0.1) is 16.9 Å². The van der Waals surface area contributed by atoms with E-state index in [4.69, 9.17) is 16.7 Å². The summed E-state index contributed by atoms with van der Waals surface area (Å²) in [6, 6.07) is 7.60. The number of carboxylic acids is 1. The summed E-state index contributed by atoms with van der Waals surface area (Å²) in [6.45, 7) is -0.576. The highest BCUT2D eigenvalue weighted by Crippen LogP contribution is 2.68. The molecule has 1 aromatic heterocycles. The Morgan fingerprint density at radius 3 is 2.48 bits per heavy atom. The standard InChI is InChI=1S/C21H17ClN2O5S2/c22-8-3-1-7(2-4-8)12-13-9-5-10(16(13)30-18-17(12)31-21(29)23-18)15-14(9)19(27)24(20(15)28)6-11(25)26/h1-4,9-10,12-16H,5-6H2,(H,23,29)(H,25,26)/t9-,10-,12-,13+,14+,15+,16-/m1/s1. The van der Waals surface area contributed by atoms with Crippen LogP contribution in [0.25, 0.3) is 0 Å². The van der Waals surface area contributed by atoms with Gasteiger partial charge >= 0.3 is 10.8 Å². The van der Waals surface area contributed by atoms with Gasteiger partial charge in [0.25, 0.3) is 0 Å². The van der Waals surface area contributed by atoms with Crippen LogP contribution in [0.5, 0.6) is 0 Å². The van der Waals surface area contributed by atoms with Gasteiger partial charge in [-0.2, -0.15) is 0 Å². The molecule has 7 nitrogen and oxygen atoms in total. The quantitative estimate of drug-likeness (QED) is 0.659. The molecule has 0 radical (unpaired) electrons. The molecule has 0 spiro atoms. The molecule has 2 saturated carbocycles. The average Bonchev–Trinajstić information content (AvgIpc) is 3.44. The molecule has 160 valence electrons. The van der Waals surface area contributed by atoms with Gasteiger partial charge < -0.3 is 10.1 Å². The van der Waals surface area contributed by atoms with Crippen molar-refractivity contribution in [3.63, 3.8) is 0 Å². The van der Waals surface area contributed by atoms with E-state index in [1.807, 2.05) is 24.3 Å². The van der Waals surface area contributed by atoms with E-state index in [-0.39, 0.29) is 45.6 Å². The van der Waals surface area contributed by atoms with E-state index in [0.29, 0.717) is 5.02 Å². The van der Waals surface area contributed by atoms with Crippen LogP contribution in [-0.2, 0) is 14.4 Å². The Kier molecular flexibility index (Phi) is 4.23. The first-order valence-electron chi connectivity index (χ1n) is 10.1. The van der Waals surface area contributed by atoms with Gasteiger partial charge in [0, 0.05) is 21.1 Å². The van der Waals surface area contributed by atoms with Crippen molar-refractivity contribution in [3.05, 3.63) is 49.4 Å². The van der Waals surface area contributed by atoms with Crippen LogP contribution in [0.1, 0.15) is 22.8 Å². The molecule has 7 atom stereocenters. The van der Waals surface area contributed by atoms with Gasteiger partial charge in [-0.05, 0) is 41.9 Å². The second kappa shape index (κ2) is 6.70. The Balaban J connectivity index is 1.45. The Labute approximate surface area is 189 Å². The van der Waals surface area contributed by atoms with E-state index in [1.165, 1.54) is 11.3 Å². The second-order valence-corrected chi connectivity index (χ2v) is 11.3. The number of thiazole rings is 1. The summed E-state index contributed by atoms with van der Waals surface area (Å²) in [7, 11) is 0. The van der Waals surface area contributed by atoms with Crippen LogP contribution >= 0.6 is 34.7 Å². The summed E-state index contributed by atoms with van der Waals surface area (Å²) in [5.74, 6) is -2.80. The highest BCUT2D eigenvalue weighted by molar-refractivity contribution is 8.00. The third-order valence-corrected chi connectivity index (χ3v) is 10.2. The van der Waals surface area contributed by atoms with Crippen LogP contribution in [0.3, 0.4) is 0 Å². The first kappa shape index (κ1) is 19.6. The van der Waals surface area contributed by atoms with E-state index in [0.717, 1.165) is 26.8 Å². The molecule has 3 heterocycles. The number of H-pyrrole nitrogens is 1. The van der Waals surface area contributed by atoms with Crippen LogP contribution in [0.4, 0.5) is 0 Å². The van der Waals surface area contributed by atoms with E-state index in [9.17, 15) is 19.2 Å². The molecular weight excluding hydrogens is 460 g/mol. The van der Waals surface area contributed by atoms with Gasteiger partial charge in [-0.3, -0.25) is 24.1 Å². The van der Waals surface area contributed by atoms with Crippen molar-refractivity contribution < 1.29 is 19.5 Å². The minimum absolute atomic E-state index is 0.00778. The number of hydrogen-bond donors (Lipinski definition) is 2. The first-order valence-corrected chi connectivity index (χ1v) is 12.1. The maximum atomic E-state index is 13.1. The number of thioether (sulfide) groups is 1. The highest BCUT2D eigenvalue weighted by Gasteiger charge is 2.69. The molecule has 10 heteroatoms. The van der Waals surface area contributed by atoms with Crippen molar-refractivity contribution >= 4 is 52.5 Å². The number of likely N-dealkylation sites (tertiary alicyclic amines) is 1. The molecule has 2 amide bonds. The molecule has 2 aliphatic heterocycles. The summed E-state index contributed by atoms with van der Waals surface area (Å²) >= 11 is 8.92. The van der Waals surface area contributed by atoms with Crippen LogP contribution in [0.15, 0.2) is 34.1 Å². The SMILES string of the molecule is O=C(O)CN1C(=O)[C@H]2[C@H]3C[C@@H]([C@@H]2C1=O)[C@H]1[C@@H](c2ccc(Cl)cc2)c2sc(=O)[nH]c2S[C@H]31. The molecule has 2 N–H and O–H groups in total. The van der Waals surface area contributed by atoms with Gasteiger partial charge in [0.1, 0.15) is 6.54 Å². The van der Waals surface area contributed by atoms with Crippen molar-refractivity contribution in [2.24, 2.45) is 29.6 Å². The van der Waals surface area contributed by atoms with Gasteiger partial charge in [-0.25, -0.2) is 0 Å². The molecule has 1 saturated heterocycles. The number of fused-ring (bicyclic) bond motifs is 9. The summed E-state index contributed by atoms with van der Waals surface area (Å²) in [5.41, 5.74) is 1.04. The normalized spacial score (nSPS) is 35.3. The molecule has 0 unspecified atom stereocenters. The smallest absolute Gasteiger partial charge is 0.323 e. The third-order valence-electron chi connectivity index (χ3n) is 7.34. The molecule has 4 aliphatic rings. The van der Waals surface area contributed by atoms with Crippen molar-refractivity contribution in [2.45, 2.75) is 22.6 Å². The van der Waals surface area contributed by atoms with Crippen molar-refractivity contribution in [1.29, 1.82) is 0 Å². The number of carboxylic acid groups (broad SMARTS) is 1. The van der Waals surface area contributed by atoms with Crippen LogP contribution in [-0.4, -0.2) is 44.6 Å². The predicted octanol–water partition coefficient (Wildman–Crippen LogP) is 2.65. The summed E-state index contributed by atoms with van der Waals surface area (Å²) in [4.78, 5) is 54.3. The number of imide groups is 1. The molecule has 6 rings (SSSR count). The molecule has 31 heavy (non-hydrogen) atoms. The zero-order valence-corrected chi connectivity index (χ0v) is 18.4. The fraction of sp³-hybridized carbons (Fsp3) is 0.429. The fourth-order valence-electron chi connectivity index (χ4n) is 6.41.